The monoisotopic (exact) mass is 298 g/mol. The van der Waals surface area contributed by atoms with E-state index in [0.29, 0.717) is 18.9 Å². The average molecular weight is 298 g/mol. The van der Waals surface area contributed by atoms with Gasteiger partial charge in [-0.3, -0.25) is 4.79 Å². The SMILES string of the molecule is CCNC(=NC#N)Nc1ccc(C2=NNC(=O)CC2C)cc1. The number of benzene rings is 1. The van der Waals surface area contributed by atoms with Crippen LogP contribution in [-0.4, -0.2) is 24.1 Å². The highest BCUT2D eigenvalue weighted by molar-refractivity contribution is 6.06. The van der Waals surface area contributed by atoms with Crippen molar-refractivity contribution in [1.29, 1.82) is 5.26 Å². The molecule has 0 aliphatic carbocycles. The van der Waals surface area contributed by atoms with Gasteiger partial charge in [-0.15, -0.1) is 4.99 Å². The summed E-state index contributed by atoms with van der Waals surface area (Å²) in [5, 5.41) is 18.8. The van der Waals surface area contributed by atoms with Crippen molar-refractivity contribution in [2.24, 2.45) is 16.0 Å². The summed E-state index contributed by atoms with van der Waals surface area (Å²) in [6.45, 7) is 4.57. The third kappa shape index (κ3) is 3.82. The zero-order valence-electron chi connectivity index (χ0n) is 12.6. The molecule has 1 heterocycles. The van der Waals surface area contributed by atoms with E-state index in [-0.39, 0.29) is 11.8 Å². The minimum absolute atomic E-state index is 0.0578. The van der Waals surface area contributed by atoms with Gasteiger partial charge in [-0.05, 0) is 24.6 Å². The largest absolute Gasteiger partial charge is 0.355 e. The number of carbonyl (C=O) groups is 1. The number of hydrogen-bond acceptors (Lipinski definition) is 4. The van der Waals surface area contributed by atoms with E-state index in [9.17, 15) is 4.79 Å². The maximum absolute atomic E-state index is 11.3. The minimum atomic E-state index is -0.0578. The van der Waals surface area contributed by atoms with E-state index in [2.05, 4.69) is 26.2 Å². The molecule has 1 aromatic carbocycles. The van der Waals surface area contributed by atoms with Crippen LogP contribution in [0.1, 0.15) is 25.8 Å². The number of hydrazone groups is 1. The van der Waals surface area contributed by atoms with Crippen LogP contribution in [0.3, 0.4) is 0 Å². The third-order valence-electron chi connectivity index (χ3n) is 3.21. The lowest BCUT2D eigenvalue weighted by Crippen LogP contribution is -2.32. The normalized spacial score (nSPS) is 18.0. The maximum atomic E-state index is 11.3. The molecule has 1 aromatic rings. The van der Waals surface area contributed by atoms with Gasteiger partial charge in [0.25, 0.3) is 0 Å². The fourth-order valence-electron chi connectivity index (χ4n) is 2.19. The molecular formula is C15H18N6O. The Kier molecular flexibility index (Phi) is 5.09. The number of hydrogen-bond donors (Lipinski definition) is 3. The van der Waals surface area contributed by atoms with Crippen molar-refractivity contribution in [1.82, 2.24) is 10.7 Å². The van der Waals surface area contributed by atoms with Crippen LogP contribution in [-0.2, 0) is 4.79 Å². The molecule has 7 nitrogen and oxygen atoms in total. The first-order valence-corrected chi connectivity index (χ1v) is 7.08. The second-order valence-corrected chi connectivity index (χ2v) is 4.93. The number of nitrogens with one attached hydrogen (secondary N) is 3. The van der Waals surface area contributed by atoms with Gasteiger partial charge in [-0.2, -0.15) is 10.4 Å². The fraction of sp³-hybridized carbons (Fsp3) is 0.333. The van der Waals surface area contributed by atoms with E-state index >= 15 is 0 Å². The number of nitrogens with zero attached hydrogens (tertiary/aromatic N) is 3. The number of guanidine groups is 1. The molecule has 1 aliphatic heterocycles. The summed E-state index contributed by atoms with van der Waals surface area (Å²) < 4.78 is 0. The summed E-state index contributed by atoms with van der Waals surface area (Å²) in [6.07, 6.45) is 2.19. The highest BCUT2D eigenvalue weighted by Crippen LogP contribution is 2.18. The molecule has 1 unspecified atom stereocenters. The number of amides is 1. The Hall–Kier alpha value is -2.88. The first-order valence-electron chi connectivity index (χ1n) is 7.08. The Bertz CT molecular complexity index is 641. The third-order valence-corrected chi connectivity index (χ3v) is 3.21. The Morgan fingerprint density at radius 3 is 2.82 bits per heavy atom. The number of anilines is 1. The predicted octanol–water partition coefficient (Wildman–Crippen LogP) is 1.41. The molecule has 0 spiro atoms. The van der Waals surface area contributed by atoms with Crippen LogP contribution < -0.4 is 16.1 Å². The molecule has 0 saturated heterocycles. The van der Waals surface area contributed by atoms with Crippen molar-refractivity contribution in [3.63, 3.8) is 0 Å². The van der Waals surface area contributed by atoms with Gasteiger partial charge in [-0.1, -0.05) is 19.1 Å². The zero-order chi connectivity index (χ0) is 15.9. The number of aliphatic imine (C=N–C) groups is 1. The summed E-state index contributed by atoms with van der Waals surface area (Å²) in [5.41, 5.74) is 5.14. The number of rotatable bonds is 3. The van der Waals surface area contributed by atoms with Crippen molar-refractivity contribution in [3.8, 4) is 6.19 Å². The molecule has 0 aromatic heterocycles. The van der Waals surface area contributed by atoms with Crippen molar-refractivity contribution < 1.29 is 4.79 Å². The van der Waals surface area contributed by atoms with Crippen LogP contribution in [0.15, 0.2) is 34.4 Å². The van der Waals surface area contributed by atoms with E-state index in [4.69, 9.17) is 5.26 Å². The summed E-state index contributed by atoms with van der Waals surface area (Å²) in [5.74, 6) is 0.441. The van der Waals surface area contributed by atoms with Gasteiger partial charge in [0.05, 0.1) is 5.71 Å². The molecule has 3 N–H and O–H groups in total. The Balaban J connectivity index is 2.12. The van der Waals surface area contributed by atoms with Crippen LogP contribution in [0.2, 0.25) is 0 Å². The molecule has 2 rings (SSSR count). The molecule has 1 atom stereocenters. The predicted molar refractivity (Wildman–Crippen MR) is 85.3 cm³/mol. The van der Waals surface area contributed by atoms with Gasteiger partial charge in [0.2, 0.25) is 18.1 Å². The standard InChI is InChI=1S/C15H18N6O/c1-3-17-15(18-9-16)19-12-6-4-11(5-7-12)14-10(2)8-13(22)20-21-14/h4-7,10H,3,8H2,1-2H3,(H,20,22)(H2,17,18,19). The van der Waals surface area contributed by atoms with E-state index in [1.54, 1.807) is 6.19 Å². The van der Waals surface area contributed by atoms with Gasteiger partial charge in [0, 0.05) is 24.6 Å². The highest BCUT2D eigenvalue weighted by Gasteiger charge is 2.21. The molecular weight excluding hydrogens is 280 g/mol. The average Bonchev–Trinajstić information content (AvgIpc) is 2.49. The number of nitriles is 1. The van der Waals surface area contributed by atoms with E-state index in [1.165, 1.54) is 0 Å². The quantitative estimate of drug-likeness (QED) is 0.446. The molecule has 0 saturated carbocycles. The smallest absolute Gasteiger partial charge is 0.240 e. The van der Waals surface area contributed by atoms with E-state index in [1.807, 2.05) is 38.1 Å². The fourth-order valence-corrected chi connectivity index (χ4v) is 2.19. The lowest BCUT2D eigenvalue weighted by molar-refractivity contribution is -0.121. The van der Waals surface area contributed by atoms with E-state index in [0.717, 1.165) is 17.0 Å². The molecule has 0 radical (unpaired) electrons. The molecule has 22 heavy (non-hydrogen) atoms. The van der Waals surface area contributed by atoms with Crippen molar-refractivity contribution in [2.45, 2.75) is 20.3 Å². The first-order chi connectivity index (χ1) is 10.6. The second kappa shape index (κ2) is 7.22. The summed E-state index contributed by atoms with van der Waals surface area (Å²) in [7, 11) is 0. The minimum Gasteiger partial charge on any atom is -0.355 e. The zero-order valence-corrected chi connectivity index (χ0v) is 12.6. The Morgan fingerprint density at radius 2 is 2.23 bits per heavy atom. The Labute approximate surface area is 129 Å². The lowest BCUT2D eigenvalue weighted by atomic mass is 9.94. The number of carbonyl (C=O) groups excluding carboxylic acids is 1. The topological polar surface area (TPSA) is 102 Å². The van der Waals surface area contributed by atoms with Gasteiger partial charge < -0.3 is 10.6 Å². The second-order valence-electron chi connectivity index (χ2n) is 4.93. The first kappa shape index (κ1) is 15.5. The molecule has 114 valence electrons. The van der Waals surface area contributed by atoms with Crippen LogP contribution in [0.5, 0.6) is 0 Å². The van der Waals surface area contributed by atoms with Gasteiger partial charge in [0.15, 0.2) is 0 Å². The maximum Gasteiger partial charge on any atom is 0.240 e. The van der Waals surface area contributed by atoms with Crippen molar-refractivity contribution in [3.05, 3.63) is 29.8 Å². The molecule has 1 aliphatic rings. The van der Waals surface area contributed by atoms with Gasteiger partial charge in [0.1, 0.15) is 0 Å². The summed E-state index contributed by atoms with van der Waals surface area (Å²) in [4.78, 5) is 14.9. The molecule has 1 amide bonds. The van der Waals surface area contributed by atoms with Crippen LogP contribution in [0.25, 0.3) is 0 Å². The lowest BCUT2D eigenvalue weighted by Gasteiger charge is -2.19. The highest BCUT2D eigenvalue weighted by atomic mass is 16.2. The van der Waals surface area contributed by atoms with E-state index < -0.39 is 0 Å². The van der Waals surface area contributed by atoms with Crippen LogP contribution in [0.4, 0.5) is 5.69 Å². The van der Waals surface area contributed by atoms with Crippen molar-refractivity contribution >= 4 is 23.3 Å². The van der Waals surface area contributed by atoms with Crippen LogP contribution in [0, 0.1) is 17.4 Å². The molecule has 0 fully saturated rings. The van der Waals surface area contributed by atoms with Crippen LogP contribution >= 0.6 is 0 Å². The van der Waals surface area contributed by atoms with Crippen molar-refractivity contribution in [2.75, 3.05) is 11.9 Å². The summed E-state index contributed by atoms with van der Waals surface area (Å²) in [6, 6.07) is 7.60. The summed E-state index contributed by atoms with van der Waals surface area (Å²) >= 11 is 0. The van der Waals surface area contributed by atoms with Gasteiger partial charge >= 0.3 is 0 Å². The molecule has 7 heteroatoms. The molecule has 0 bridgehead atoms. The van der Waals surface area contributed by atoms with Gasteiger partial charge in [-0.25, -0.2) is 5.43 Å². The Morgan fingerprint density at radius 1 is 1.50 bits per heavy atom.